The molecule has 0 fully saturated rings. The predicted molar refractivity (Wildman–Crippen MR) is 99.5 cm³/mol. The maximum absolute atomic E-state index is 12.1. The monoisotopic (exact) mass is 369 g/mol. The van der Waals surface area contributed by atoms with Crippen molar-refractivity contribution >= 4 is 28.4 Å². The molecule has 0 aliphatic heterocycles. The summed E-state index contributed by atoms with van der Waals surface area (Å²) in [5.41, 5.74) is 0.995. The molecule has 0 spiro atoms. The van der Waals surface area contributed by atoms with Crippen molar-refractivity contribution in [3.8, 4) is 0 Å². The summed E-state index contributed by atoms with van der Waals surface area (Å²) in [6.07, 6.45) is 4.16. The Morgan fingerprint density at radius 2 is 2.00 bits per heavy atom. The van der Waals surface area contributed by atoms with E-state index in [-0.39, 0.29) is 11.6 Å². The molecule has 2 heterocycles. The summed E-state index contributed by atoms with van der Waals surface area (Å²) in [4.78, 5) is 30.8. The minimum absolute atomic E-state index is 0.0540. The standard InChI is InChI=1S/C17H19N7O3/c1-2-7-18-15-14-10-22-23(16(14)21-11-20-15)9-8-19-17(25)12-3-5-13(6-4-12)24(26)27/h3-6,10-11H,2,7-9H2,1H3,(H,19,25)(H,18,20,21). The number of aromatic nitrogens is 4. The summed E-state index contributed by atoms with van der Waals surface area (Å²) < 4.78 is 1.70. The fourth-order valence-corrected chi connectivity index (χ4v) is 2.55. The zero-order valence-corrected chi connectivity index (χ0v) is 14.8. The zero-order valence-electron chi connectivity index (χ0n) is 14.8. The van der Waals surface area contributed by atoms with Gasteiger partial charge in [-0.05, 0) is 18.6 Å². The SMILES string of the molecule is CCCNc1ncnc2c1cnn2CCNC(=O)c1ccc([N+](=O)[O-])cc1. The molecule has 140 valence electrons. The molecule has 0 saturated heterocycles. The Kier molecular flexibility index (Phi) is 5.55. The third kappa shape index (κ3) is 4.17. The molecule has 1 amide bonds. The number of non-ortho nitro benzene ring substituents is 1. The van der Waals surface area contributed by atoms with Crippen molar-refractivity contribution in [2.24, 2.45) is 0 Å². The quantitative estimate of drug-likeness (QED) is 0.459. The molecule has 0 radical (unpaired) electrons. The molecule has 0 atom stereocenters. The summed E-state index contributed by atoms with van der Waals surface area (Å²) in [6.45, 7) is 3.66. The number of hydrogen-bond donors (Lipinski definition) is 2. The van der Waals surface area contributed by atoms with Crippen molar-refractivity contribution in [1.82, 2.24) is 25.1 Å². The summed E-state index contributed by atoms with van der Waals surface area (Å²) in [7, 11) is 0. The lowest BCUT2D eigenvalue weighted by molar-refractivity contribution is -0.384. The van der Waals surface area contributed by atoms with Gasteiger partial charge in [0.05, 0.1) is 23.1 Å². The van der Waals surface area contributed by atoms with Crippen LogP contribution in [0.5, 0.6) is 0 Å². The van der Waals surface area contributed by atoms with Crippen molar-refractivity contribution in [2.45, 2.75) is 19.9 Å². The molecule has 2 N–H and O–H groups in total. The van der Waals surface area contributed by atoms with Crippen LogP contribution in [0.2, 0.25) is 0 Å². The van der Waals surface area contributed by atoms with Gasteiger partial charge in [-0.1, -0.05) is 6.92 Å². The van der Waals surface area contributed by atoms with Crippen molar-refractivity contribution in [3.05, 3.63) is 52.5 Å². The second-order valence-corrected chi connectivity index (χ2v) is 5.81. The van der Waals surface area contributed by atoms with Gasteiger partial charge in [0.25, 0.3) is 11.6 Å². The van der Waals surface area contributed by atoms with E-state index >= 15 is 0 Å². The summed E-state index contributed by atoms with van der Waals surface area (Å²) in [6, 6.07) is 5.46. The third-order valence-corrected chi connectivity index (χ3v) is 3.93. The van der Waals surface area contributed by atoms with E-state index < -0.39 is 4.92 Å². The van der Waals surface area contributed by atoms with Gasteiger partial charge in [-0.25, -0.2) is 14.6 Å². The number of nitro groups is 1. The second-order valence-electron chi connectivity index (χ2n) is 5.81. The van der Waals surface area contributed by atoms with E-state index in [4.69, 9.17) is 0 Å². The van der Waals surface area contributed by atoms with E-state index in [0.717, 1.165) is 24.2 Å². The Morgan fingerprint density at radius 3 is 2.70 bits per heavy atom. The van der Waals surface area contributed by atoms with E-state index in [2.05, 4.69) is 32.6 Å². The molecule has 10 nitrogen and oxygen atoms in total. The average Bonchev–Trinajstić information content (AvgIpc) is 3.10. The number of amides is 1. The van der Waals surface area contributed by atoms with Crippen LogP contribution in [0.15, 0.2) is 36.8 Å². The van der Waals surface area contributed by atoms with Crippen LogP contribution in [0.1, 0.15) is 23.7 Å². The van der Waals surface area contributed by atoms with E-state index in [1.807, 2.05) is 0 Å². The van der Waals surface area contributed by atoms with Gasteiger partial charge in [-0.2, -0.15) is 5.10 Å². The topological polar surface area (TPSA) is 128 Å². The highest BCUT2D eigenvalue weighted by molar-refractivity contribution is 5.94. The Labute approximate surface area is 154 Å². The van der Waals surface area contributed by atoms with Crippen molar-refractivity contribution in [1.29, 1.82) is 0 Å². The smallest absolute Gasteiger partial charge is 0.269 e. The van der Waals surface area contributed by atoms with Crippen molar-refractivity contribution in [2.75, 3.05) is 18.4 Å². The van der Waals surface area contributed by atoms with Gasteiger partial charge in [-0.15, -0.1) is 0 Å². The van der Waals surface area contributed by atoms with Crippen LogP contribution >= 0.6 is 0 Å². The zero-order chi connectivity index (χ0) is 19.2. The molecule has 0 saturated carbocycles. The molecule has 0 aliphatic carbocycles. The van der Waals surface area contributed by atoms with E-state index in [1.165, 1.54) is 30.6 Å². The number of benzene rings is 1. The number of hydrogen-bond acceptors (Lipinski definition) is 7. The molecule has 2 aromatic heterocycles. The number of carbonyl (C=O) groups is 1. The fraction of sp³-hybridized carbons (Fsp3) is 0.294. The average molecular weight is 369 g/mol. The molecule has 1 aromatic carbocycles. The van der Waals surface area contributed by atoms with E-state index in [1.54, 1.807) is 10.9 Å². The Bertz CT molecular complexity index is 953. The molecule has 0 bridgehead atoms. The number of nitro benzene ring substituents is 1. The van der Waals surface area contributed by atoms with E-state index in [9.17, 15) is 14.9 Å². The lowest BCUT2D eigenvalue weighted by atomic mass is 10.2. The molecule has 3 rings (SSSR count). The lowest BCUT2D eigenvalue weighted by Crippen LogP contribution is -2.27. The van der Waals surface area contributed by atoms with Crippen molar-refractivity contribution < 1.29 is 9.72 Å². The number of rotatable bonds is 8. The van der Waals surface area contributed by atoms with Crippen LogP contribution in [-0.4, -0.2) is 43.7 Å². The Balaban J connectivity index is 1.61. The number of nitrogens with one attached hydrogen (secondary N) is 2. The Hall–Kier alpha value is -3.56. The van der Waals surface area contributed by atoms with Crippen LogP contribution < -0.4 is 10.6 Å². The van der Waals surface area contributed by atoms with Gasteiger partial charge < -0.3 is 10.6 Å². The Morgan fingerprint density at radius 1 is 1.22 bits per heavy atom. The first kappa shape index (κ1) is 18.2. The highest BCUT2D eigenvalue weighted by atomic mass is 16.6. The number of nitrogens with zero attached hydrogens (tertiary/aromatic N) is 5. The first-order valence-corrected chi connectivity index (χ1v) is 8.53. The van der Waals surface area contributed by atoms with Crippen LogP contribution in [0, 0.1) is 10.1 Å². The molecule has 0 aliphatic rings. The van der Waals surface area contributed by atoms with Gasteiger partial charge >= 0.3 is 0 Å². The third-order valence-electron chi connectivity index (χ3n) is 3.93. The van der Waals surface area contributed by atoms with Crippen LogP contribution in [0.4, 0.5) is 11.5 Å². The molecule has 10 heteroatoms. The molecular weight excluding hydrogens is 350 g/mol. The highest BCUT2D eigenvalue weighted by Gasteiger charge is 2.11. The lowest BCUT2D eigenvalue weighted by Gasteiger charge is -2.07. The summed E-state index contributed by atoms with van der Waals surface area (Å²) in [5.74, 6) is 0.435. The highest BCUT2D eigenvalue weighted by Crippen LogP contribution is 2.18. The predicted octanol–water partition coefficient (Wildman–Crippen LogP) is 1.99. The van der Waals surface area contributed by atoms with Gasteiger partial charge in [0.1, 0.15) is 12.1 Å². The minimum atomic E-state index is -0.504. The first-order valence-electron chi connectivity index (χ1n) is 8.53. The van der Waals surface area contributed by atoms with Gasteiger partial charge in [0, 0.05) is 30.8 Å². The first-order chi connectivity index (χ1) is 13.1. The van der Waals surface area contributed by atoms with Crippen molar-refractivity contribution in [3.63, 3.8) is 0 Å². The van der Waals surface area contributed by atoms with Gasteiger partial charge in [0.15, 0.2) is 5.65 Å². The van der Waals surface area contributed by atoms with Crippen LogP contribution in [0.3, 0.4) is 0 Å². The van der Waals surface area contributed by atoms with Crippen LogP contribution in [0.25, 0.3) is 11.0 Å². The molecule has 27 heavy (non-hydrogen) atoms. The maximum atomic E-state index is 12.1. The number of fused-ring (bicyclic) bond motifs is 1. The number of carbonyl (C=O) groups excluding carboxylic acids is 1. The molecule has 0 unspecified atom stereocenters. The largest absolute Gasteiger partial charge is 0.369 e. The normalized spacial score (nSPS) is 10.7. The fourth-order valence-electron chi connectivity index (χ4n) is 2.55. The minimum Gasteiger partial charge on any atom is -0.369 e. The second kappa shape index (κ2) is 8.21. The summed E-state index contributed by atoms with van der Waals surface area (Å²) >= 11 is 0. The number of anilines is 1. The van der Waals surface area contributed by atoms with Gasteiger partial charge in [0.2, 0.25) is 0 Å². The maximum Gasteiger partial charge on any atom is 0.269 e. The molecular formula is C17H19N7O3. The van der Waals surface area contributed by atoms with Crippen LogP contribution in [-0.2, 0) is 6.54 Å². The summed E-state index contributed by atoms with van der Waals surface area (Å²) in [5, 5.41) is 21.8. The van der Waals surface area contributed by atoms with E-state index in [0.29, 0.717) is 24.3 Å². The molecule has 3 aromatic rings. The van der Waals surface area contributed by atoms with Gasteiger partial charge in [-0.3, -0.25) is 14.9 Å².